The Kier molecular flexibility index (Phi) is 6.73. The molecule has 184 valence electrons. The average Bonchev–Trinajstić information content (AvgIpc) is 3.08. The van der Waals surface area contributed by atoms with Crippen LogP contribution in [-0.2, 0) is 0 Å². The number of fused-ring (bicyclic) bond motifs is 2. The number of halogens is 1. The van der Waals surface area contributed by atoms with E-state index in [1.807, 2.05) is 18.7 Å². The number of carbonyl (C=O) groups excluding carboxylic acids is 1. The quantitative estimate of drug-likeness (QED) is 0.466. The maximum absolute atomic E-state index is 12.8. The summed E-state index contributed by atoms with van der Waals surface area (Å²) in [4.78, 5) is 17.2. The lowest BCUT2D eigenvalue weighted by molar-refractivity contribution is 0.107. The van der Waals surface area contributed by atoms with E-state index < -0.39 is 8.07 Å². The average molecular weight is 536 g/mol. The zero-order chi connectivity index (χ0) is 24.3. The molecule has 2 N–H and O–H groups in total. The van der Waals surface area contributed by atoms with Crippen LogP contribution in [0.2, 0.25) is 18.1 Å². The van der Waals surface area contributed by atoms with E-state index in [1.165, 1.54) is 17.7 Å². The predicted octanol–water partition coefficient (Wildman–Crippen LogP) is 5.99. The molecular weight excluding hydrogens is 492 g/mol. The highest BCUT2D eigenvalue weighted by atomic mass is 79.9. The summed E-state index contributed by atoms with van der Waals surface area (Å²) in [5.74, 6) is 1.03. The number of likely N-dealkylation sites (tertiary alicyclic amines) is 1. The van der Waals surface area contributed by atoms with Crippen LogP contribution in [0.5, 0.6) is 0 Å². The SMILES string of the molecule is CCN(CC)C(=O)N[C@H]1CC2c3cc(Br)cc4c3C(C[C@H]2N(C)C1)C([Si](C)(C)C(C)(C)C)N4. The van der Waals surface area contributed by atoms with Crippen molar-refractivity contribution in [3.63, 3.8) is 0 Å². The molecule has 2 heterocycles. The fourth-order valence-electron chi connectivity index (χ4n) is 6.47. The van der Waals surface area contributed by atoms with Crippen LogP contribution in [0.15, 0.2) is 16.6 Å². The van der Waals surface area contributed by atoms with Crippen LogP contribution in [0.3, 0.4) is 0 Å². The van der Waals surface area contributed by atoms with Crippen molar-refractivity contribution in [2.75, 3.05) is 32.0 Å². The molecule has 33 heavy (non-hydrogen) atoms. The molecular formula is C26H43BrN4OSi. The van der Waals surface area contributed by atoms with Gasteiger partial charge < -0.3 is 20.4 Å². The summed E-state index contributed by atoms with van der Waals surface area (Å²) in [7, 11) is 0.662. The topological polar surface area (TPSA) is 47.6 Å². The summed E-state index contributed by atoms with van der Waals surface area (Å²) in [6.07, 6.45) is 2.23. The molecule has 0 bridgehead atoms. The minimum atomic E-state index is -1.60. The Labute approximate surface area is 210 Å². The second-order valence-corrected chi connectivity index (χ2v) is 18.5. The Bertz CT molecular complexity index is 910. The number of piperidine rings is 1. The third-order valence-electron chi connectivity index (χ3n) is 9.32. The summed E-state index contributed by atoms with van der Waals surface area (Å²) >= 11 is 3.82. The molecule has 3 unspecified atom stereocenters. The molecule has 2 aliphatic heterocycles. The lowest BCUT2D eigenvalue weighted by Crippen LogP contribution is -2.58. The van der Waals surface area contributed by atoms with E-state index in [2.05, 4.69) is 84.5 Å². The molecule has 0 aromatic heterocycles. The van der Waals surface area contributed by atoms with Gasteiger partial charge in [0.15, 0.2) is 0 Å². The number of likely N-dealkylation sites (N-methyl/N-ethyl adjacent to an activating group) is 1. The minimum Gasteiger partial charge on any atom is -0.384 e. The van der Waals surface area contributed by atoms with Crippen LogP contribution < -0.4 is 10.6 Å². The zero-order valence-corrected chi connectivity index (χ0v) is 24.3. The number of nitrogens with zero attached hydrogens (tertiary/aromatic N) is 2. The second-order valence-electron chi connectivity index (χ2n) is 12.1. The third-order valence-corrected chi connectivity index (χ3v) is 15.7. The van der Waals surface area contributed by atoms with Crippen molar-refractivity contribution in [3.8, 4) is 0 Å². The van der Waals surface area contributed by atoms with Crippen molar-refractivity contribution in [1.29, 1.82) is 0 Å². The fourth-order valence-corrected chi connectivity index (χ4v) is 9.70. The Morgan fingerprint density at radius 3 is 2.48 bits per heavy atom. The molecule has 0 saturated carbocycles. The van der Waals surface area contributed by atoms with Crippen LogP contribution >= 0.6 is 15.9 Å². The number of benzene rings is 1. The molecule has 1 aromatic carbocycles. The molecule has 1 saturated heterocycles. The highest BCUT2D eigenvalue weighted by Crippen LogP contribution is 2.56. The highest BCUT2D eigenvalue weighted by Gasteiger charge is 2.54. The predicted molar refractivity (Wildman–Crippen MR) is 145 cm³/mol. The van der Waals surface area contributed by atoms with E-state index in [4.69, 9.17) is 0 Å². The minimum absolute atomic E-state index is 0.0738. The summed E-state index contributed by atoms with van der Waals surface area (Å²) < 4.78 is 1.16. The molecule has 0 spiro atoms. The number of carbonyl (C=O) groups is 1. The molecule has 5 atom stereocenters. The molecule has 1 aromatic rings. The van der Waals surface area contributed by atoms with Crippen LogP contribution in [0, 0.1) is 0 Å². The van der Waals surface area contributed by atoms with Gasteiger partial charge in [0.25, 0.3) is 0 Å². The maximum atomic E-state index is 12.8. The van der Waals surface area contributed by atoms with Gasteiger partial charge in [-0.1, -0.05) is 49.8 Å². The van der Waals surface area contributed by atoms with Gasteiger partial charge in [-0.3, -0.25) is 0 Å². The number of urea groups is 1. The summed E-state index contributed by atoms with van der Waals surface area (Å²) in [6.45, 7) is 19.0. The number of rotatable bonds is 4. The zero-order valence-electron chi connectivity index (χ0n) is 21.8. The van der Waals surface area contributed by atoms with Crippen LogP contribution in [-0.4, -0.2) is 68.3 Å². The molecule has 4 rings (SSSR count). The van der Waals surface area contributed by atoms with E-state index in [9.17, 15) is 4.79 Å². The van der Waals surface area contributed by atoms with Gasteiger partial charge in [0.1, 0.15) is 0 Å². The molecule has 3 aliphatic rings. The van der Waals surface area contributed by atoms with Gasteiger partial charge in [-0.2, -0.15) is 0 Å². The van der Waals surface area contributed by atoms with Gasteiger partial charge in [-0.15, -0.1) is 0 Å². The molecule has 1 fully saturated rings. The molecule has 2 amide bonds. The van der Waals surface area contributed by atoms with Crippen molar-refractivity contribution >= 4 is 35.7 Å². The number of anilines is 1. The second kappa shape index (κ2) is 8.87. The third kappa shape index (κ3) is 4.27. The molecule has 7 heteroatoms. The Morgan fingerprint density at radius 1 is 1.21 bits per heavy atom. The summed E-state index contributed by atoms with van der Waals surface area (Å²) in [6, 6.07) is 5.45. The fraction of sp³-hybridized carbons (Fsp3) is 0.731. The van der Waals surface area contributed by atoms with Gasteiger partial charge in [0.05, 0.1) is 8.07 Å². The van der Waals surface area contributed by atoms with E-state index in [0.717, 1.165) is 30.5 Å². The number of nitrogens with one attached hydrogen (secondary N) is 2. The van der Waals surface area contributed by atoms with Gasteiger partial charge in [0.2, 0.25) is 0 Å². The van der Waals surface area contributed by atoms with Crippen molar-refractivity contribution in [2.24, 2.45) is 0 Å². The van der Waals surface area contributed by atoms with Gasteiger partial charge >= 0.3 is 6.03 Å². The van der Waals surface area contributed by atoms with Crippen molar-refractivity contribution in [3.05, 3.63) is 27.7 Å². The lowest BCUT2D eigenvalue weighted by atomic mass is 9.69. The molecule has 1 aliphatic carbocycles. The normalized spacial score (nSPS) is 29.2. The van der Waals surface area contributed by atoms with Crippen LogP contribution in [0.1, 0.15) is 70.4 Å². The van der Waals surface area contributed by atoms with Gasteiger partial charge in [-0.25, -0.2) is 4.79 Å². The Morgan fingerprint density at radius 2 is 1.88 bits per heavy atom. The Balaban J connectivity index is 1.67. The number of amides is 2. The first-order valence-corrected chi connectivity index (χ1v) is 16.6. The van der Waals surface area contributed by atoms with Crippen molar-refractivity contribution < 1.29 is 4.79 Å². The summed E-state index contributed by atoms with van der Waals surface area (Å²) in [5, 5.41) is 7.72. The van der Waals surface area contributed by atoms with E-state index in [0.29, 0.717) is 28.6 Å². The maximum Gasteiger partial charge on any atom is 0.317 e. The first-order chi connectivity index (χ1) is 15.4. The van der Waals surface area contributed by atoms with Crippen molar-refractivity contribution in [1.82, 2.24) is 15.1 Å². The first kappa shape index (κ1) is 25.1. The molecule has 0 radical (unpaired) electrons. The van der Waals surface area contributed by atoms with Gasteiger partial charge in [-0.05, 0) is 62.0 Å². The standard InChI is InChI=1S/C26H43BrN4OSi/c1-9-31(10-2)25(32)28-17-13-18-19-11-16(27)12-21-23(19)20(14-22(18)30(6)15-17)24(29-21)33(7,8)26(3,4)5/h11-12,17-18,20,22,24,29H,9-10,13-15H2,1-8H3,(H,28,32)/t17-,18?,20?,22+,24?/m0/s1. The first-order valence-electron chi connectivity index (χ1n) is 12.7. The van der Waals surface area contributed by atoms with Crippen molar-refractivity contribution in [2.45, 2.75) is 95.2 Å². The van der Waals surface area contributed by atoms with E-state index >= 15 is 0 Å². The van der Waals surface area contributed by atoms with E-state index in [1.54, 1.807) is 5.56 Å². The number of hydrogen-bond acceptors (Lipinski definition) is 3. The largest absolute Gasteiger partial charge is 0.384 e. The van der Waals surface area contributed by atoms with Gasteiger partial charge in [0, 0.05) is 59.4 Å². The van der Waals surface area contributed by atoms with E-state index in [-0.39, 0.29) is 12.1 Å². The Hall–Kier alpha value is -1.05. The monoisotopic (exact) mass is 534 g/mol. The van der Waals surface area contributed by atoms with Crippen LogP contribution in [0.4, 0.5) is 10.5 Å². The smallest absolute Gasteiger partial charge is 0.317 e. The molecule has 5 nitrogen and oxygen atoms in total. The highest BCUT2D eigenvalue weighted by molar-refractivity contribution is 9.10. The number of hydrogen-bond donors (Lipinski definition) is 2. The summed E-state index contributed by atoms with van der Waals surface area (Å²) in [5.41, 5.74) is 4.96. The van der Waals surface area contributed by atoms with Crippen LogP contribution in [0.25, 0.3) is 0 Å². The lowest BCUT2D eigenvalue weighted by Gasteiger charge is -2.50.